The number of nitrogens with two attached hydrogens (primary N) is 1. The Morgan fingerprint density at radius 1 is 1.50 bits per heavy atom. The molecule has 0 radical (unpaired) electrons. The van der Waals surface area contributed by atoms with E-state index >= 15 is 0 Å². The van der Waals surface area contributed by atoms with Crippen LogP contribution >= 0.6 is 0 Å². The zero-order valence-electron chi connectivity index (χ0n) is 10.8. The number of rotatable bonds is 3. The maximum Gasteiger partial charge on any atom is 0.240 e. The van der Waals surface area contributed by atoms with Crippen LogP contribution in [0.15, 0.2) is 23.1 Å². The number of sulfonamides is 1. The van der Waals surface area contributed by atoms with E-state index in [0.29, 0.717) is 13.0 Å². The first kappa shape index (κ1) is 14.9. The molecule has 2 rings (SSSR count). The Labute approximate surface area is 116 Å². The summed E-state index contributed by atoms with van der Waals surface area (Å²) < 4.78 is 41.0. The molecule has 1 heterocycles. The second kappa shape index (κ2) is 5.47. The van der Waals surface area contributed by atoms with Gasteiger partial charge in [-0.05, 0) is 31.5 Å². The van der Waals surface area contributed by atoms with Gasteiger partial charge in [-0.25, -0.2) is 17.9 Å². The highest BCUT2D eigenvalue weighted by atomic mass is 32.2. The Morgan fingerprint density at radius 2 is 2.20 bits per heavy atom. The Balaban J connectivity index is 2.11. The van der Waals surface area contributed by atoms with Gasteiger partial charge in [-0.3, -0.25) is 4.79 Å². The Bertz CT molecular complexity index is 632. The lowest BCUT2D eigenvalue weighted by Crippen LogP contribution is -2.23. The molecule has 6 nitrogen and oxygen atoms in total. The lowest BCUT2D eigenvalue weighted by molar-refractivity contribution is -0.119. The summed E-state index contributed by atoms with van der Waals surface area (Å²) in [6, 6.07) is 3.24. The summed E-state index contributed by atoms with van der Waals surface area (Å²) in [7, 11) is -4.11. The Hall–Kier alpha value is -1.51. The van der Waals surface area contributed by atoms with Crippen molar-refractivity contribution in [3.63, 3.8) is 0 Å². The van der Waals surface area contributed by atoms with Crippen molar-refractivity contribution in [2.45, 2.75) is 24.3 Å². The second-order valence-corrected chi connectivity index (χ2v) is 6.29. The SMILES string of the molecule is CC1CC(C(=O)Nc2ccc(S(N)(=O)=O)c(F)c2)CO1. The zero-order chi connectivity index (χ0) is 14.9. The molecular formula is C12H15FN2O4S. The molecule has 0 aliphatic carbocycles. The van der Waals surface area contributed by atoms with Gasteiger partial charge >= 0.3 is 0 Å². The predicted molar refractivity (Wildman–Crippen MR) is 69.9 cm³/mol. The van der Waals surface area contributed by atoms with Gasteiger partial charge in [0.2, 0.25) is 15.9 Å². The molecule has 0 bridgehead atoms. The van der Waals surface area contributed by atoms with Crippen LogP contribution in [0.1, 0.15) is 13.3 Å². The fraction of sp³-hybridized carbons (Fsp3) is 0.417. The summed E-state index contributed by atoms with van der Waals surface area (Å²) in [5, 5.41) is 7.38. The molecule has 0 spiro atoms. The molecule has 110 valence electrons. The summed E-state index contributed by atoms with van der Waals surface area (Å²) in [4.78, 5) is 11.3. The standard InChI is InChI=1S/C12H15FN2O4S/c1-7-4-8(6-19-7)12(16)15-9-2-3-11(10(13)5-9)20(14,17)18/h2-3,5,7-8H,4,6H2,1H3,(H,15,16)(H2,14,17,18). The van der Waals surface area contributed by atoms with Crippen LogP contribution in [0.2, 0.25) is 0 Å². The normalized spacial score (nSPS) is 22.8. The van der Waals surface area contributed by atoms with Crippen molar-refractivity contribution in [1.29, 1.82) is 0 Å². The summed E-state index contributed by atoms with van der Waals surface area (Å²) in [5.74, 6) is -1.57. The topological polar surface area (TPSA) is 98.5 Å². The molecule has 1 saturated heterocycles. The van der Waals surface area contributed by atoms with Crippen LogP contribution in [0.25, 0.3) is 0 Å². The highest BCUT2D eigenvalue weighted by Gasteiger charge is 2.28. The van der Waals surface area contributed by atoms with Crippen LogP contribution < -0.4 is 10.5 Å². The number of hydrogen-bond acceptors (Lipinski definition) is 4. The largest absolute Gasteiger partial charge is 0.378 e. The number of nitrogens with one attached hydrogen (secondary N) is 1. The summed E-state index contributed by atoms with van der Waals surface area (Å²) in [6.07, 6.45) is 0.621. The van der Waals surface area contributed by atoms with Crippen LogP contribution in [-0.2, 0) is 19.6 Å². The van der Waals surface area contributed by atoms with Gasteiger partial charge in [-0.1, -0.05) is 0 Å². The van der Waals surface area contributed by atoms with Gasteiger partial charge in [0.05, 0.1) is 18.6 Å². The summed E-state index contributed by atoms with van der Waals surface area (Å²) in [5.41, 5.74) is 0.180. The lowest BCUT2D eigenvalue weighted by atomic mass is 10.1. The molecule has 2 atom stereocenters. The molecule has 3 N–H and O–H groups in total. The van der Waals surface area contributed by atoms with E-state index in [-0.39, 0.29) is 23.6 Å². The number of primary sulfonamides is 1. The van der Waals surface area contributed by atoms with Gasteiger partial charge in [0, 0.05) is 5.69 Å². The maximum absolute atomic E-state index is 13.6. The van der Waals surface area contributed by atoms with Crippen LogP contribution in [0.4, 0.5) is 10.1 Å². The molecule has 20 heavy (non-hydrogen) atoms. The average Bonchev–Trinajstić information content (AvgIpc) is 2.74. The molecule has 2 unspecified atom stereocenters. The molecule has 1 aromatic rings. The first-order chi connectivity index (χ1) is 9.27. The number of halogens is 1. The fourth-order valence-corrected chi connectivity index (χ4v) is 2.64. The third-order valence-corrected chi connectivity index (χ3v) is 4.02. The summed E-state index contributed by atoms with van der Waals surface area (Å²) >= 11 is 0. The van der Waals surface area contributed by atoms with Crippen molar-refractivity contribution >= 4 is 21.6 Å². The quantitative estimate of drug-likeness (QED) is 0.864. The van der Waals surface area contributed by atoms with Gasteiger partial charge in [0.1, 0.15) is 10.7 Å². The number of ether oxygens (including phenoxy) is 1. The number of anilines is 1. The molecular weight excluding hydrogens is 287 g/mol. The minimum atomic E-state index is -4.11. The van der Waals surface area contributed by atoms with E-state index in [9.17, 15) is 17.6 Å². The van der Waals surface area contributed by atoms with Crippen LogP contribution in [0.3, 0.4) is 0 Å². The molecule has 0 saturated carbocycles. The minimum Gasteiger partial charge on any atom is -0.378 e. The van der Waals surface area contributed by atoms with E-state index in [1.807, 2.05) is 6.92 Å². The first-order valence-corrected chi connectivity index (χ1v) is 7.57. The van der Waals surface area contributed by atoms with Gasteiger partial charge in [-0.2, -0.15) is 0 Å². The number of carbonyl (C=O) groups is 1. The third-order valence-electron chi connectivity index (χ3n) is 3.08. The highest BCUT2D eigenvalue weighted by Crippen LogP contribution is 2.22. The van der Waals surface area contributed by atoms with E-state index in [0.717, 1.165) is 12.1 Å². The summed E-state index contributed by atoms with van der Waals surface area (Å²) in [6.45, 7) is 2.19. The molecule has 1 aliphatic rings. The van der Waals surface area contributed by atoms with Crippen molar-refractivity contribution in [1.82, 2.24) is 0 Å². The molecule has 1 fully saturated rings. The van der Waals surface area contributed by atoms with Gasteiger partial charge in [0.15, 0.2) is 0 Å². The highest BCUT2D eigenvalue weighted by molar-refractivity contribution is 7.89. The Morgan fingerprint density at radius 3 is 2.70 bits per heavy atom. The smallest absolute Gasteiger partial charge is 0.240 e. The van der Waals surface area contributed by atoms with Crippen LogP contribution in [0, 0.1) is 11.7 Å². The number of benzene rings is 1. The molecule has 1 aliphatic heterocycles. The average molecular weight is 302 g/mol. The number of hydrogen-bond donors (Lipinski definition) is 2. The van der Waals surface area contributed by atoms with E-state index in [4.69, 9.17) is 9.88 Å². The van der Waals surface area contributed by atoms with E-state index in [2.05, 4.69) is 5.32 Å². The minimum absolute atomic E-state index is 0.0206. The molecule has 1 amide bonds. The first-order valence-electron chi connectivity index (χ1n) is 6.02. The maximum atomic E-state index is 13.6. The second-order valence-electron chi connectivity index (χ2n) is 4.76. The van der Waals surface area contributed by atoms with Crippen LogP contribution in [0.5, 0.6) is 0 Å². The monoisotopic (exact) mass is 302 g/mol. The lowest BCUT2D eigenvalue weighted by Gasteiger charge is -2.10. The molecule has 0 aromatic heterocycles. The van der Waals surface area contributed by atoms with Crippen molar-refractivity contribution < 1.29 is 22.3 Å². The van der Waals surface area contributed by atoms with Gasteiger partial charge in [0.25, 0.3) is 0 Å². The van der Waals surface area contributed by atoms with Gasteiger partial charge in [-0.15, -0.1) is 0 Å². The third kappa shape index (κ3) is 3.33. The number of carbonyl (C=O) groups excluding carboxylic acids is 1. The Kier molecular flexibility index (Phi) is 4.07. The van der Waals surface area contributed by atoms with E-state index < -0.39 is 20.7 Å². The van der Waals surface area contributed by atoms with Crippen LogP contribution in [-0.4, -0.2) is 27.0 Å². The number of amides is 1. The predicted octanol–water partition coefficient (Wildman–Crippen LogP) is 0.837. The van der Waals surface area contributed by atoms with Crippen molar-refractivity contribution in [2.75, 3.05) is 11.9 Å². The van der Waals surface area contributed by atoms with Crippen molar-refractivity contribution in [2.24, 2.45) is 11.1 Å². The fourth-order valence-electron chi connectivity index (χ4n) is 2.05. The van der Waals surface area contributed by atoms with Crippen molar-refractivity contribution in [3.05, 3.63) is 24.0 Å². The van der Waals surface area contributed by atoms with Crippen molar-refractivity contribution in [3.8, 4) is 0 Å². The van der Waals surface area contributed by atoms with E-state index in [1.54, 1.807) is 0 Å². The van der Waals surface area contributed by atoms with E-state index in [1.165, 1.54) is 6.07 Å². The molecule has 8 heteroatoms. The molecule has 1 aromatic carbocycles. The van der Waals surface area contributed by atoms with Gasteiger partial charge < -0.3 is 10.1 Å². The zero-order valence-corrected chi connectivity index (χ0v) is 11.6.